The van der Waals surface area contributed by atoms with Gasteiger partial charge in [-0.1, -0.05) is 0 Å². The van der Waals surface area contributed by atoms with Crippen LogP contribution >= 0.6 is 0 Å². The number of nitro groups is 2. The Morgan fingerprint density at radius 2 is 1.89 bits per heavy atom. The van der Waals surface area contributed by atoms with Gasteiger partial charge < -0.3 is 16.2 Å². The number of nitro benzene ring substituents is 2. The first-order valence-electron chi connectivity index (χ1n) is 4.97. The molecular weight excluding hydrogens is 244 g/mol. The molecular formula is C9H12N4O5. The van der Waals surface area contributed by atoms with Gasteiger partial charge >= 0.3 is 0 Å². The monoisotopic (exact) mass is 256 g/mol. The van der Waals surface area contributed by atoms with Crippen LogP contribution in [0.15, 0.2) is 12.1 Å². The summed E-state index contributed by atoms with van der Waals surface area (Å²) in [6, 6.07) is 1.90. The van der Waals surface area contributed by atoms with Crippen molar-refractivity contribution in [2.75, 3.05) is 17.6 Å². The summed E-state index contributed by atoms with van der Waals surface area (Å²) >= 11 is 0. The van der Waals surface area contributed by atoms with Gasteiger partial charge in [-0.05, 0) is 13.0 Å². The van der Waals surface area contributed by atoms with Crippen LogP contribution in [0.4, 0.5) is 22.7 Å². The van der Waals surface area contributed by atoms with Gasteiger partial charge in [0.25, 0.3) is 11.4 Å². The summed E-state index contributed by atoms with van der Waals surface area (Å²) in [5.74, 6) is 0. The smallest absolute Gasteiger partial charge is 0.299 e. The molecule has 0 saturated heterocycles. The molecule has 4 N–H and O–H groups in total. The Kier molecular flexibility index (Phi) is 4.00. The number of nitrogen functional groups attached to an aromatic ring is 1. The van der Waals surface area contributed by atoms with Crippen molar-refractivity contribution in [3.05, 3.63) is 32.4 Å². The third kappa shape index (κ3) is 3.04. The maximum absolute atomic E-state index is 10.8. The van der Waals surface area contributed by atoms with Crippen LogP contribution in [0.1, 0.15) is 6.92 Å². The number of anilines is 2. The SMILES string of the molecule is C[C@@H](O)CNc1cc(N)c([N+](=O)[O-])cc1[N+](=O)[O-]. The van der Waals surface area contributed by atoms with Gasteiger partial charge in [0.05, 0.1) is 22.0 Å². The summed E-state index contributed by atoms with van der Waals surface area (Å²) in [6.45, 7) is 1.56. The fourth-order valence-corrected chi connectivity index (χ4v) is 1.30. The zero-order chi connectivity index (χ0) is 13.9. The Hall–Kier alpha value is -2.42. The van der Waals surface area contributed by atoms with Crippen molar-refractivity contribution in [3.63, 3.8) is 0 Å². The summed E-state index contributed by atoms with van der Waals surface area (Å²) < 4.78 is 0. The normalized spacial score (nSPS) is 11.9. The van der Waals surface area contributed by atoms with Gasteiger partial charge in [-0.3, -0.25) is 20.2 Å². The van der Waals surface area contributed by atoms with E-state index in [9.17, 15) is 20.2 Å². The van der Waals surface area contributed by atoms with E-state index in [-0.39, 0.29) is 17.9 Å². The molecule has 1 aromatic rings. The molecule has 0 aromatic heterocycles. The van der Waals surface area contributed by atoms with E-state index in [1.54, 1.807) is 0 Å². The van der Waals surface area contributed by atoms with E-state index in [2.05, 4.69) is 5.32 Å². The lowest BCUT2D eigenvalue weighted by Gasteiger charge is -2.09. The first-order chi connectivity index (χ1) is 8.32. The molecule has 0 saturated carbocycles. The molecule has 1 rings (SSSR count). The molecule has 9 heteroatoms. The molecule has 0 aliphatic heterocycles. The quantitative estimate of drug-likeness (QED) is 0.402. The first-order valence-corrected chi connectivity index (χ1v) is 4.97. The number of nitrogens with two attached hydrogens (primary N) is 1. The Balaban J connectivity index is 3.20. The zero-order valence-corrected chi connectivity index (χ0v) is 9.49. The van der Waals surface area contributed by atoms with Crippen molar-refractivity contribution in [2.24, 2.45) is 0 Å². The molecule has 1 aromatic carbocycles. The van der Waals surface area contributed by atoms with E-state index in [0.29, 0.717) is 0 Å². The molecule has 0 bridgehead atoms. The lowest BCUT2D eigenvalue weighted by Crippen LogP contribution is -2.16. The van der Waals surface area contributed by atoms with Crippen LogP contribution in [-0.4, -0.2) is 27.6 Å². The number of nitrogens with zero attached hydrogens (tertiary/aromatic N) is 2. The highest BCUT2D eigenvalue weighted by atomic mass is 16.6. The lowest BCUT2D eigenvalue weighted by molar-refractivity contribution is -0.393. The second-order valence-corrected chi connectivity index (χ2v) is 3.67. The summed E-state index contributed by atoms with van der Waals surface area (Å²) in [5, 5.41) is 33.1. The molecule has 0 radical (unpaired) electrons. The van der Waals surface area contributed by atoms with Gasteiger partial charge in [-0.2, -0.15) is 0 Å². The van der Waals surface area contributed by atoms with Crippen LogP contribution in [-0.2, 0) is 0 Å². The number of aliphatic hydroxyl groups excluding tert-OH is 1. The van der Waals surface area contributed by atoms with Crippen molar-refractivity contribution in [3.8, 4) is 0 Å². The van der Waals surface area contributed by atoms with Crippen molar-refractivity contribution >= 4 is 22.7 Å². The van der Waals surface area contributed by atoms with E-state index < -0.39 is 27.3 Å². The second-order valence-electron chi connectivity index (χ2n) is 3.67. The topological polar surface area (TPSA) is 145 Å². The fraction of sp³-hybridized carbons (Fsp3) is 0.333. The molecule has 0 aliphatic rings. The minimum atomic E-state index is -0.791. The average molecular weight is 256 g/mol. The van der Waals surface area contributed by atoms with Gasteiger partial charge in [0.2, 0.25) is 0 Å². The Morgan fingerprint density at radius 3 is 2.33 bits per heavy atom. The predicted octanol–water partition coefficient (Wildman–Crippen LogP) is 0.878. The summed E-state index contributed by atoms with van der Waals surface area (Å²) in [6.07, 6.45) is -0.721. The molecule has 0 heterocycles. The van der Waals surface area contributed by atoms with Crippen LogP contribution in [0.25, 0.3) is 0 Å². The molecule has 0 aliphatic carbocycles. The molecule has 0 spiro atoms. The van der Waals surface area contributed by atoms with Gasteiger partial charge in [-0.25, -0.2) is 0 Å². The standard InChI is InChI=1S/C9H12N4O5/c1-5(14)4-11-7-2-6(10)8(12(15)16)3-9(7)13(17)18/h2-3,5,11,14H,4,10H2,1H3/t5-/m1/s1. The summed E-state index contributed by atoms with van der Waals surface area (Å²) in [7, 11) is 0. The van der Waals surface area contributed by atoms with E-state index >= 15 is 0 Å². The molecule has 18 heavy (non-hydrogen) atoms. The highest BCUT2D eigenvalue weighted by Gasteiger charge is 2.23. The molecule has 9 nitrogen and oxygen atoms in total. The second kappa shape index (κ2) is 5.27. The number of hydrogen-bond acceptors (Lipinski definition) is 7. The van der Waals surface area contributed by atoms with Crippen molar-refractivity contribution < 1.29 is 15.0 Å². The van der Waals surface area contributed by atoms with Crippen LogP contribution in [0.2, 0.25) is 0 Å². The molecule has 1 atom stereocenters. The average Bonchev–Trinajstić information content (AvgIpc) is 2.25. The number of benzene rings is 1. The number of nitrogens with one attached hydrogen (secondary N) is 1. The number of aliphatic hydroxyl groups is 1. The van der Waals surface area contributed by atoms with Gasteiger partial charge in [-0.15, -0.1) is 0 Å². The van der Waals surface area contributed by atoms with Crippen molar-refractivity contribution in [2.45, 2.75) is 13.0 Å². The third-order valence-electron chi connectivity index (χ3n) is 2.13. The van der Waals surface area contributed by atoms with Crippen molar-refractivity contribution in [1.29, 1.82) is 0 Å². The molecule has 0 unspecified atom stereocenters. The minimum Gasteiger partial charge on any atom is -0.393 e. The van der Waals surface area contributed by atoms with E-state index in [4.69, 9.17) is 10.8 Å². The van der Waals surface area contributed by atoms with Crippen LogP contribution in [0.3, 0.4) is 0 Å². The predicted molar refractivity (Wildman–Crippen MR) is 64.3 cm³/mol. The third-order valence-corrected chi connectivity index (χ3v) is 2.13. The summed E-state index contributed by atoms with van der Waals surface area (Å²) in [5.41, 5.74) is 4.30. The van der Waals surface area contributed by atoms with Gasteiger partial charge in [0.15, 0.2) is 0 Å². The Bertz CT molecular complexity index is 488. The number of rotatable bonds is 5. The number of hydrogen-bond donors (Lipinski definition) is 3. The Morgan fingerprint density at radius 1 is 1.33 bits per heavy atom. The van der Waals surface area contributed by atoms with Gasteiger partial charge in [0, 0.05) is 6.54 Å². The Labute approximate surface area is 102 Å². The molecule has 98 valence electrons. The van der Waals surface area contributed by atoms with Crippen molar-refractivity contribution in [1.82, 2.24) is 0 Å². The zero-order valence-electron chi connectivity index (χ0n) is 9.49. The van der Waals surface area contributed by atoms with E-state index in [0.717, 1.165) is 12.1 Å². The van der Waals surface area contributed by atoms with E-state index in [1.165, 1.54) is 6.92 Å². The largest absolute Gasteiger partial charge is 0.393 e. The summed E-state index contributed by atoms with van der Waals surface area (Å²) in [4.78, 5) is 19.9. The highest BCUT2D eigenvalue weighted by molar-refractivity contribution is 5.75. The van der Waals surface area contributed by atoms with Crippen LogP contribution in [0, 0.1) is 20.2 Å². The van der Waals surface area contributed by atoms with Crippen LogP contribution < -0.4 is 11.1 Å². The maximum Gasteiger partial charge on any atom is 0.299 e. The lowest BCUT2D eigenvalue weighted by atomic mass is 10.2. The highest BCUT2D eigenvalue weighted by Crippen LogP contribution is 2.34. The molecule has 0 amide bonds. The minimum absolute atomic E-state index is 0.0315. The maximum atomic E-state index is 10.8. The molecule has 0 fully saturated rings. The van der Waals surface area contributed by atoms with E-state index in [1.807, 2.05) is 0 Å². The van der Waals surface area contributed by atoms with Crippen LogP contribution in [0.5, 0.6) is 0 Å². The first kappa shape index (κ1) is 13.6. The fourth-order valence-electron chi connectivity index (χ4n) is 1.30. The van der Waals surface area contributed by atoms with Gasteiger partial charge in [0.1, 0.15) is 11.4 Å².